The average molecular weight is 434 g/mol. The van der Waals surface area contributed by atoms with Crippen molar-refractivity contribution in [3.05, 3.63) is 70.8 Å². The number of carbonyl (C=O) groups is 2. The van der Waals surface area contributed by atoms with Crippen LogP contribution in [-0.4, -0.2) is 53.8 Å². The fourth-order valence-corrected chi connectivity index (χ4v) is 5.05. The van der Waals surface area contributed by atoms with Crippen molar-refractivity contribution < 1.29 is 9.59 Å². The molecule has 0 bridgehead atoms. The lowest BCUT2D eigenvalue weighted by Crippen LogP contribution is -2.50. The summed E-state index contributed by atoms with van der Waals surface area (Å²) in [5.74, 6) is 0.0499. The Hall–Kier alpha value is -2.66. The average Bonchev–Trinajstić information content (AvgIpc) is 2.80. The number of hydrogen-bond acceptors (Lipinski definition) is 3. The molecule has 170 valence electrons. The number of piperidine rings is 2. The Morgan fingerprint density at radius 2 is 1.62 bits per heavy atom. The van der Waals surface area contributed by atoms with Gasteiger partial charge in [-0.3, -0.25) is 14.5 Å². The van der Waals surface area contributed by atoms with Gasteiger partial charge in [-0.15, -0.1) is 0 Å². The van der Waals surface area contributed by atoms with Gasteiger partial charge in [0.25, 0.3) is 5.91 Å². The molecule has 2 aliphatic heterocycles. The number of amides is 2. The van der Waals surface area contributed by atoms with Gasteiger partial charge in [0.15, 0.2) is 0 Å². The molecule has 0 aliphatic carbocycles. The third-order valence-electron chi connectivity index (χ3n) is 6.73. The molecule has 1 atom stereocenters. The van der Waals surface area contributed by atoms with Crippen LogP contribution < -0.4 is 5.32 Å². The van der Waals surface area contributed by atoms with Crippen LogP contribution in [0.2, 0.25) is 0 Å². The van der Waals surface area contributed by atoms with Gasteiger partial charge in [0.05, 0.1) is 5.92 Å². The van der Waals surface area contributed by atoms with E-state index >= 15 is 0 Å². The fraction of sp³-hybridized carbons (Fsp3) is 0.481. The second kappa shape index (κ2) is 10.3. The molecule has 2 heterocycles. The molecule has 0 spiro atoms. The molecule has 1 unspecified atom stereocenters. The summed E-state index contributed by atoms with van der Waals surface area (Å²) in [5.41, 5.74) is 4.26. The summed E-state index contributed by atoms with van der Waals surface area (Å²) in [6, 6.07) is 16.8. The lowest BCUT2D eigenvalue weighted by molar-refractivity contribution is -0.127. The summed E-state index contributed by atoms with van der Waals surface area (Å²) in [5, 5.41) is 3.29. The summed E-state index contributed by atoms with van der Waals surface area (Å²) >= 11 is 0. The molecule has 32 heavy (non-hydrogen) atoms. The molecule has 0 radical (unpaired) electrons. The number of aryl methyl sites for hydroxylation is 2. The van der Waals surface area contributed by atoms with E-state index in [1.165, 1.54) is 5.56 Å². The third kappa shape index (κ3) is 5.77. The molecular weight excluding hydrogens is 398 g/mol. The van der Waals surface area contributed by atoms with E-state index in [9.17, 15) is 9.59 Å². The maximum Gasteiger partial charge on any atom is 0.253 e. The Balaban J connectivity index is 1.27. The molecule has 0 aromatic heterocycles. The zero-order valence-electron chi connectivity index (χ0n) is 19.3. The van der Waals surface area contributed by atoms with Gasteiger partial charge in [0.1, 0.15) is 0 Å². The summed E-state index contributed by atoms with van der Waals surface area (Å²) < 4.78 is 0. The smallest absolute Gasteiger partial charge is 0.253 e. The van der Waals surface area contributed by atoms with Gasteiger partial charge in [-0.05, 0) is 57.2 Å². The monoisotopic (exact) mass is 433 g/mol. The molecule has 5 heteroatoms. The van der Waals surface area contributed by atoms with Gasteiger partial charge in [-0.1, -0.05) is 47.5 Å². The Morgan fingerprint density at radius 3 is 2.31 bits per heavy atom. The van der Waals surface area contributed by atoms with Crippen molar-refractivity contribution in [1.29, 1.82) is 0 Å². The van der Waals surface area contributed by atoms with Gasteiger partial charge in [0.2, 0.25) is 5.91 Å². The molecule has 2 amide bonds. The van der Waals surface area contributed by atoms with Crippen molar-refractivity contribution in [2.45, 2.75) is 52.1 Å². The maximum absolute atomic E-state index is 13.0. The van der Waals surface area contributed by atoms with Crippen molar-refractivity contribution in [3.63, 3.8) is 0 Å². The lowest BCUT2D eigenvalue weighted by Gasteiger charge is -2.35. The molecular formula is C27H35N3O2. The quantitative estimate of drug-likeness (QED) is 0.777. The molecule has 4 rings (SSSR count). The molecule has 0 saturated carbocycles. The molecule has 2 aromatic carbocycles. The number of benzene rings is 2. The summed E-state index contributed by atoms with van der Waals surface area (Å²) in [6.45, 7) is 8.25. The lowest BCUT2D eigenvalue weighted by atomic mass is 9.95. The topological polar surface area (TPSA) is 52.7 Å². The minimum atomic E-state index is -0.110. The molecule has 2 fully saturated rings. The largest absolute Gasteiger partial charge is 0.353 e. The van der Waals surface area contributed by atoms with Crippen LogP contribution in [0.5, 0.6) is 0 Å². The fourth-order valence-electron chi connectivity index (χ4n) is 5.05. The highest BCUT2D eigenvalue weighted by atomic mass is 16.2. The van der Waals surface area contributed by atoms with Crippen molar-refractivity contribution in [2.24, 2.45) is 5.92 Å². The minimum Gasteiger partial charge on any atom is -0.353 e. The van der Waals surface area contributed by atoms with Crippen molar-refractivity contribution in [3.8, 4) is 0 Å². The number of nitrogens with one attached hydrogen (secondary N) is 1. The van der Waals surface area contributed by atoms with Gasteiger partial charge in [-0.2, -0.15) is 0 Å². The molecule has 1 N–H and O–H groups in total. The molecule has 2 aromatic rings. The van der Waals surface area contributed by atoms with E-state index in [1.807, 2.05) is 36.9 Å². The zero-order chi connectivity index (χ0) is 22.5. The highest BCUT2D eigenvalue weighted by molar-refractivity contribution is 5.95. The number of hydrogen-bond donors (Lipinski definition) is 1. The molecule has 2 saturated heterocycles. The maximum atomic E-state index is 13.0. The van der Waals surface area contributed by atoms with E-state index in [0.717, 1.165) is 68.6 Å². The number of rotatable bonds is 5. The number of nitrogens with zero attached hydrogens (tertiary/aromatic N) is 2. The first kappa shape index (κ1) is 22.5. The Bertz CT molecular complexity index is 915. The first-order chi connectivity index (χ1) is 15.5. The number of carbonyl (C=O) groups excluding carboxylic acids is 2. The van der Waals surface area contributed by atoms with Gasteiger partial charge in [-0.25, -0.2) is 0 Å². The van der Waals surface area contributed by atoms with Crippen molar-refractivity contribution in [1.82, 2.24) is 15.1 Å². The predicted octanol–water partition coefficient (Wildman–Crippen LogP) is 3.94. The standard InChI is InChI=1S/C27H35N3O2/c1-20-15-21(2)17-24(16-20)27(32)30-12-6-9-23(19-30)26(31)28-25-10-13-29(14-11-25)18-22-7-4-3-5-8-22/h3-5,7-8,15-17,23,25H,6,9-14,18-19H2,1-2H3,(H,28,31). The van der Waals surface area contributed by atoms with Crippen LogP contribution in [0.3, 0.4) is 0 Å². The molecule has 5 nitrogen and oxygen atoms in total. The van der Waals surface area contributed by atoms with Crippen LogP contribution in [0.15, 0.2) is 48.5 Å². The molecule has 2 aliphatic rings. The van der Waals surface area contributed by atoms with Gasteiger partial charge in [0, 0.05) is 44.3 Å². The van der Waals surface area contributed by atoms with E-state index in [-0.39, 0.29) is 23.8 Å². The summed E-state index contributed by atoms with van der Waals surface area (Å²) in [7, 11) is 0. The Kier molecular flexibility index (Phi) is 7.26. The van der Waals surface area contributed by atoms with E-state index in [2.05, 4.69) is 40.5 Å². The Morgan fingerprint density at radius 1 is 0.938 bits per heavy atom. The van der Waals surface area contributed by atoms with Crippen molar-refractivity contribution in [2.75, 3.05) is 26.2 Å². The van der Waals surface area contributed by atoms with Crippen LogP contribution in [0.25, 0.3) is 0 Å². The Labute approximate surface area is 191 Å². The first-order valence-corrected chi connectivity index (χ1v) is 11.9. The van der Waals surface area contributed by atoms with E-state index in [0.29, 0.717) is 6.54 Å². The van der Waals surface area contributed by atoms with Crippen LogP contribution in [0.4, 0.5) is 0 Å². The van der Waals surface area contributed by atoms with Gasteiger partial charge < -0.3 is 10.2 Å². The second-order valence-electron chi connectivity index (χ2n) is 9.51. The summed E-state index contributed by atoms with van der Waals surface area (Å²) in [6.07, 6.45) is 3.70. The second-order valence-corrected chi connectivity index (χ2v) is 9.51. The normalized spacial score (nSPS) is 20.2. The van der Waals surface area contributed by atoms with Crippen LogP contribution in [0, 0.1) is 19.8 Å². The van der Waals surface area contributed by atoms with E-state index in [4.69, 9.17) is 0 Å². The van der Waals surface area contributed by atoms with Crippen LogP contribution in [-0.2, 0) is 11.3 Å². The predicted molar refractivity (Wildman–Crippen MR) is 127 cm³/mol. The summed E-state index contributed by atoms with van der Waals surface area (Å²) in [4.78, 5) is 30.4. The SMILES string of the molecule is Cc1cc(C)cc(C(=O)N2CCCC(C(=O)NC3CCN(Cc4ccccc4)CC3)C2)c1. The number of likely N-dealkylation sites (tertiary alicyclic amines) is 2. The van der Waals surface area contributed by atoms with Crippen LogP contribution >= 0.6 is 0 Å². The zero-order valence-corrected chi connectivity index (χ0v) is 19.3. The first-order valence-electron chi connectivity index (χ1n) is 11.9. The highest BCUT2D eigenvalue weighted by Gasteiger charge is 2.31. The van der Waals surface area contributed by atoms with E-state index < -0.39 is 0 Å². The van der Waals surface area contributed by atoms with Crippen molar-refractivity contribution >= 4 is 11.8 Å². The van der Waals surface area contributed by atoms with Gasteiger partial charge >= 0.3 is 0 Å². The van der Waals surface area contributed by atoms with E-state index in [1.54, 1.807) is 0 Å². The minimum absolute atomic E-state index is 0.0449. The van der Waals surface area contributed by atoms with Crippen LogP contribution in [0.1, 0.15) is 52.7 Å². The third-order valence-corrected chi connectivity index (χ3v) is 6.73. The highest BCUT2D eigenvalue weighted by Crippen LogP contribution is 2.21.